The van der Waals surface area contributed by atoms with Crippen LogP contribution in [0.15, 0.2) is 84.9 Å². The van der Waals surface area contributed by atoms with Crippen molar-refractivity contribution in [3.63, 3.8) is 0 Å². The van der Waals surface area contributed by atoms with Crippen molar-refractivity contribution < 1.29 is 4.74 Å². The number of hydrogen-bond donors (Lipinski definition) is 0. The van der Waals surface area contributed by atoms with Crippen molar-refractivity contribution in [3.05, 3.63) is 107 Å². The van der Waals surface area contributed by atoms with Crippen molar-refractivity contribution in [1.82, 2.24) is 0 Å². The van der Waals surface area contributed by atoms with Crippen LogP contribution in [0.3, 0.4) is 0 Å². The molecule has 0 radical (unpaired) electrons. The van der Waals surface area contributed by atoms with E-state index in [4.69, 9.17) is 4.74 Å². The van der Waals surface area contributed by atoms with E-state index in [2.05, 4.69) is 78.9 Å². The highest BCUT2D eigenvalue weighted by molar-refractivity contribution is 5.64. The summed E-state index contributed by atoms with van der Waals surface area (Å²) in [5.74, 6) is 0.891. The number of methoxy groups -OCH3 is 1. The van der Waals surface area contributed by atoms with E-state index < -0.39 is 0 Å². The molecular formula is C23H20O. The van der Waals surface area contributed by atoms with E-state index in [-0.39, 0.29) is 5.41 Å². The van der Waals surface area contributed by atoms with Gasteiger partial charge in [0.25, 0.3) is 0 Å². The zero-order valence-electron chi connectivity index (χ0n) is 13.8. The molecule has 0 amide bonds. The van der Waals surface area contributed by atoms with Crippen LogP contribution in [-0.2, 0) is 11.8 Å². The summed E-state index contributed by atoms with van der Waals surface area (Å²) >= 11 is 0. The Morgan fingerprint density at radius 3 is 2.17 bits per heavy atom. The first-order chi connectivity index (χ1) is 11.8. The van der Waals surface area contributed by atoms with Crippen LogP contribution in [0.4, 0.5) is 0 Å². The molecule has 0 bridgehead atoms. The number of benzene rings is 3. The predicted octanol–water partition coefficient (Wildman–Crippen LogP) is 5.25. The van der Waals surface area contributed by atoms with E-state index in [0.29, 0.717) is 0 Å². The van der Waals surface area contributed by atoms with E-state index in [1.54, 1.807) is 7.11 Å². The predicted molar refractivity (Wildman–Crippen MR) is 99.4 cm³/mol. The van der Waals surface area contributed by atoms with Crippen LogP contribution >= 0.6 is 0 Å². The summed E-state index contributed by atoms with van der Waals surface area (Å²) in [7, 11) is 1.71. The van der Waals surface area contributed by atoms with Gasteiger partial charge in [-0.25, -0.2) is 0 Å². The van der Waals surface area contributed by atoms with Crippen molar-refractivity contribution in [2.24, 2.45) is 0 Å². The highest BCUT2D eigenvalue weighted by Crippen LogP contribution is 2.41. The van der Waals surface area contributed by atoms with Gasteiger partial charge in [-0.15, -0.1) is 0 Å². The van der Waals surface area contributed by atoms with Crippen molar-refractivity contribution in [3.8, 4) is 5.75 Å². The van der Waals surface area contributed by atoms with Gasteiger partial charge in [0.1, 0.15) is 5.75 Å². The third-order valence-corrected chi connectivity index (χ3v) is 4.97. The maximum Gasteiger partial charge on any atom is 0.118 e. The van der Waals surface area contributed by atoms with Gasteiger partial charge in [0, 0.05) is 5.41 Å². The number of allylic oxidation sites excluding steroid dienone is 1. The fourth-order valence-electron chi connectivity index (χ4n) is 3.64. The molecule has 0 saturated carbocycles. The van der Waals surface area contributed by atoms with Crippen molar-refractivity contribution in [1.29, 1.82) is 0 Å². The van der Waals surface area contributed by atoms with Crippen LogP contribution < -0.4 is 4.74 Å². The Hall–Kier alpha value is -2.80. The molecule has 0 aromatic heterocycles. The minimum atomic E-state index is -0.137. The second kappa shape index (κ2) is 6.01. The average molecular weight is 312 g/mol. The summed E-state index contributed by atoms with van der Waals surface area (Å²) < 4.78 is 5.33. The lowest BCUT2D eigenvalue weighted by atomic mass is 9.67. The molecular weight excluding hydrogens is 292 g/mol. The molecule has 118 valence electrons. The molecule has 0 aliphatic heterocycles. The van der Waals surface area contributed by atoms with Gasteiger partial charge in [0.2, 0.25) is 0 Å². The van der Waals surface area contributed by atoms with Crippen molar-refractivity contribution in [2.45, 2.75) is 11.8 Å². The lowest BCUT2D eigenvalue weighted by Crippen LogP contribution is -2.30. The molecule has 3 aromatic rings. The number of rotatable bonds is 3. The smallest absolute Gasteiger partial charge is 0.118 e. The van der Waals surface area contributed by atoms with Gasteiger partial charge in [-0.05, 0) is 40.8 Å². The molecule has 0 N–H and O–H groups in total. The first-order valence-corrected chi connectivity index (χ1v) is 8.29. The quantitative estimate of drug-likeness (QED) is 0.642. The van der Waals surface area contributed by atoms with Gasteiger partial charge < -0.3 is 4.74 Å². The maximum absolute atomic E-state index is 5.33. The summed E-state index contributed by atoms with van der Waals surface area (Å²) in [6.45, 7) is 0. The van der Waals surface area contributed by atoms with E-state index in [1.165, 1.54) is 22.3 Å². The summed E-state index contributed by atoms with van der Waals surface area (Å²) in [5.41, 5.74) is 5.18. The minimum Gasteiger partial charge on any atom is -0.497 e. The first-order valence-electron chi connectivity index (χ1n) is 8.29. The molecule has 1 atom stereocenters. The zero-order chi connectivity index (χ0) is 16.4. The molecule has 0 heterocycles. The van der Waals surface area contributed by atoms with Crippen LogP contribution in [0.5, 0.6) is 5.75 Å². The fourth-order valence-corrected chi connectivity index (χ4v) is 3.64. The largest absolute Gasteiger partial charge is 0.497 e. The Kier molecular flexibility index (Phi) is 3.70. The molecule has 1 nitrogen and oxygen atoms in total. The standard InChI is InChI=1S/C23H20O/c1-24-22-13-11-21(12-14-22)23(20-9-3-2-4-10-20)16-15-18-7-5-6-8-19(18)17-23/h2-16H,17H2,1H3. The Balaban J connectivity index is 1.89. The Morgan fingerprint density at radius 2 is 1.42 bits per heavy atom. The molecule has 4 rings (SSSR count). The number of ether oxygens (including phenoxy) is 1. The molecule has 1 unspecified atom stereocenters. The molecule has 0 fully saturated rings. The lowest BCUT2D eigenvalue weighted by Gasteiger charge is -2.35. The first kappa shape index (κ1) is 14.8. The summed E-state index contributed by atoms with van der Waals surface area (Å²) in [4.78, 5) is 0. The monoisotopic (exact) mass is 312 g/mol. The summed E-state index contributed by atoms with van der Waals surface area (Å²) in [6, 6.07) is 27.9. The van der Waals surface area contributed by atoms with Gasteiger partial charge in [-0.2, -0.15) is 0 Å². The normalized spacial score (nSPS) is 18.9. The van der Waals surface area contributed by atoms with E-state index >= 15 is 0 Å². The van der Waals surface area contributed by atoms with Crippen molar-refractivity contribution in [2.75, 3.05) is 7.11 Å². The topological polar surface area (TPSA) is 9.23 Å². The third-order valence-electron chi connectivity index (χ3n) is 4.97. The van der Waals surface area contributed by atoms with Crippen molar-refractivity contribution >= 4 is 6.08 Å². The SMILES string of the molecule is COc1ccc(C2(c3ccccc3)C=Cc3ccccc3C2)cc1. The third kappa shape index (κ3) is 2.43. The Bertz CT molecular complexity index is 862. The van der Waals surface area contributed by atoms with Gasteiger partial charge in [-0.3, -0.25) is 0 Å². The van der Waals surface area contributed by atoms with Gasteiger partial charge in [-0.1, -0.05) is 78.9 Å². The number of hydrogen-bond acceptors (Lipinski definition) is 1. The van der Waals surface area contributed by atoms with E-state index in [9.17, 15) is 0 Å². The van der Waals surface area contributed by atoms with Crippen LogP contribution in [0, 0.1) is 0 Å². The molecule has 0 spiro atoms. The molecule has 1 aliphatic rings. The highest BCUT2D eigenvalue weighted by atomic mass is 16.5. The minimum absolute atomic E-state index is 0.137. The lowest BCUT2D eigenvalue weighted by molar-refractivity contribution is 0.414. The Morgan fingerprint density at radius 1 is 0.750 bits per heavy atom. The van der Waals surface area contributed by atoms with Gasteiger partial charge >= 0.3 is 0 Å². The van der Waals surface area contributed by atoms with E-state index in [1.807, 2.05) is 12.1 Å². The Labute approximate surface area is 143 Å². The second-order valence-corrected chi connectivity index (χ2v) is 6.27. The molecule has 1 aliphatic carbocycles. The molecule has 24 heavy (non-hydrogen) atoms. The van der Waals surface area contributed by atoms with E-state index in [0.717, 1.165) is 12.2 Å². The molecule has 1 heteroatoms. The number of fused-ring (bicyclic) bond motifs is 1. The second-order valence-electron chi connectivity index (χ2n) is 6.27. The van der Waals surface area contributed by atoms with Crippen LogP contribution in [0.2, 0.25) is 0 Å². The summed E-state index contributed by atoms with van der Waals surface area (Å²) in [6.07, 6.45) is 5.58. The molecule has 0 saturated heterocycles. The molecule has 3 aromatic carbocycles. The summed E-state index contributed by atoms with van der Waals surface area (Å²) in [5, 5.41) is 0. The van der Waals surface area contributed by atoms with Crippen LogP contribution in [0.25, 0.3) is 6.08 Å². The average Bonchev–Trinajstić information content (AvgIpc) is 2.68. The fraction of sp³-hybridized carbons (Fsp3) is 0.130. The van der Waals surface area contributed by atoms with Gasteiger partial charge in [0.05, 0.1) is 7.11 Å². The van der Waals surface area contributed by atoms with Crippen LogP contribution in [-0.4, -0.2) is 7.11 Å². The van der Waals surface area contributed by atoms with Gasteiger partial charge in [0.15, 0.2) is 0 Å². The van der Waals surface area contributed by atoms with Crippen LogP contribution in [0.1, 0.15) is 22.3 Å². The maximum atomic E-state index is 5.33. The highest BCUT2D eigenvalue weighted by Gasteiger charge is 2.34. The zero-order valence-corrected chi connectivity index (χ0v) is 13.8.